The van der Waals surface area contributed by atoms with Crippen molar-refractivity contribution in [2.75, 3.05) is 6.54 Å². The fraction of sp³-hybridized carbons (Fsp3) is 0.417. The Bertz CT molecular complexity index is 570. The van der Waals surface area contributed by atoms with Crippen LogP contribution in [-0.4, -0.2) is 11.5 Å². The molecule has 1 aliphatic rings. The summed E-state index contributed by atoms with van der Waals surface area (Å²) in [5, 5.41) is 3.16. The maximum absolute atomic E-state index is 12.6. The minimum atomic E-state index is -4.29. The number of hydrogen-bond acceptors (Lipinski definition) is 2. The molecule has 1 aliphatic heterocycles. The fourth-order valence-corrected chi connectivity index (χ4v) is 3.36. The number of hydrogen-bond donors (Lipinski definition) is 1. The second kappa shape index (κ2) is 4.20. The molecule has 0 spiro atoms. The van der Waals surface area contributed by atoms with Gasteiger partial charge in [0, 0.05) is 12.8 Å². The van der Waals surface area contributed by atoms with E-state index in [2.05, 4.69) is 10.3 Å². The molecule has 1 aromatic carbocycles. The van der Waals surface area contributed by atoms with Gasteiger partial charge in [-0.3, -0.25) is 0 Å². The third kappa shape index (κ3) is 2.10. The Morgan fingerprint density at radius 2 is 2.17 bits per heavy atom. The van der Waals surface area contributed by atoms with E-state index >= 15 is 0 Å². The normalized spacial score (nSPS) is 20.7. The summed E-state index contributed by atoms with van der Waals surface area (Å²) < 4.78 is 38.6. The molecule has 0 amide bonds. The van der Waals surface area contributed by atoms with E-state index < -0.39 is 11.7 Å². The van der Waals surface area contributed by atoms with Crippen LogP contribution in [0.1, 0.15) is 29.5 Å². The van der Waals surface area contributed by atoms with Crippen molar-refractivity contribution in [3.8, 4) is 0 Å². The van der Waals surface area contributed by atoms with E-state index in [0.717, 1.165) is 41.2 Å². The second-order valence-corrected chi connectivity index (χ2v) is 5.57. The summed E-state index contributed by atoms with van der Waals surface area (Å²) in [6.07, 6.45) is -2.09. The highest BCUT2D eigenvalue weighted by molar-refractivity contribution is 7.18. The monoisotopic (exact) mass is 273 g/mol. The molecule has 1 saturated heterocycles. The minimum Gasteiger partial charge on any atom is -0.338 e. The van der Waals surface area contributed by atoms with Crippen LogP contribution < -0.4 is 5.32 Å². The largest absolute Gasteiger partial charge is 0.416 e. The average Bonchev–Trinajstić information content (AvgIpc) is 2.95. The fourth-order valence-electron chi connectivity index (χ4n) is 2.28. The highest BCUT2D eigenvalue weighted by Gasteiger charge is 2.31. The lowest BCUT2D eigenvalue weighted by Crippen LogP contribution is -2.81. The highest BCUT2D eigenvalue weighted by atomic mass is 32.1. The molecule has 6 heteroatoms. The topological polar surface area (TPSA) is 29.5 Å². The summed E-state index contributed by atoms with van der Waals surface area (Å²) >= 11 is 1.50. The molecular weight excluding hydrogens is 261 g/mol. The Hall–Kier alpha value is -1.14. The lowest BCUT2D eigenvalue weighted by atomic mass is 10.2. The van der Waals surface area contributed by atoms with Crippen molar-refractivity contribution in [1.82, 2.24) is 4.98 Å². The zero-order chi connectivity index (χ0) is 12.8. The number of nitrogens with zero attached hydrogens (tertiary/aromatic N) is 1. The Morgan fingerprint density at radius 3 is 2.83 bits per heavy atom. The maximum Gasteiger partial charge on any atom is 0.416 e. The van der Waals surface area contributed by atoms with Crippen LogP contribution in [0.5, 0.6) is 0 Å². The van der Waals surface area contributed by atoms with Crippen LogP contribution in [0.15, 0.2) is 18.2 Å². The van der Waals surface area contributed by atoms with E-state index in [9.17, 15) is 13.2 Å². The molecule has 1 atom stereocenters. The molecule has 0 aliphatic carbocycles. The van der Waals surface area contributed by atoms with Crippen LogP contribution in [0.3, 0.4) is 0 Å². The molecule has 2 nitrogen and oxygen atoms in total. The van der Waals surface area contributed by atoms with Crippen molar-refractivity contribution in [3.05, 3.63) is 28.8 Å². The molecule has 1 fully saturated rings. The van der Waals surface area contributed by atoms with Crippen molar-refractivity contribution < 1.29 is 18.5 Å². The van der Waals surface area contributed by atoms with Gasteiger partial charge in [-0.2, -0.15) is 13.2 Å². The van der Waals surface area contributed by atoms with E-state index in [4.69, 9.17) is 0 Å². The first-order chi connectivity index (χ1) is 8.54. The summed E-state index contributed by atoms with van der Waals surface area (Å²) in [4.78, 5) is 4.36. The van der Waals surface area contributed by atoms with Crippen molar-refractivity contribution in [3.63, 3.8) is 0 Å². The molecule has 2 aromatic rings. The maximum atomic E-state index is 12.6. The minimum absolute atomic E-state index is 0.330. The summed E-state index contributed by atoms with van der Waals surface area (Å²) in [5.41, 5.74) is -0.160. The SMILES string of the molecule is FC(F)(F)c1ccc2sc([C@H]3CCC[NH2+]3)nc2c1. The summed E-state index contributed by atoms with van der Waals surface area (Å²) in [6, 6.07) is 4.12. The third-order valence-electron chi connectivity index (χ3n) is 3.22. The van der Waals surface area contributed by atoms with Gasteiger partial charge in [-0.15, -0.1) is 11.3 Å². The Labute approximate surface area is 106 Å². The summed E-state index contributed by atoms with van der Waals surface area (Å²) in [5.74, 6) is 0. The Kier molecular flexibility index (Phi) is 2.79. The van der Waals surface area contributed by atoms with Crippen LogP contribution in [0.25, 0.3) is 10.2 Å². The number of rotatable bonds is 1. The molecule has 2 heterocycles. The molecule has 0 saturated carbocycles. The molecule has 3 rings (SSSR count). The van der Waals surface area contributed by atoms with E-state index in [1.807, 2.05) is 0 Å². The van der Waals surface area contributed by atoms with E-state index in [-0.39, 0.29) is 0 Å². The van der Waals surface area contributed by atoms with Crippen LogP contribution in [0.2, 0.25) is 0 Å². The molecule has 2 N–H and O–H groups in total. The van der Waals surface area contributed by atoms with Crippen LogP contribution in [0, 0.1) is 0 Å². The number of alkyl halides is 3. The van der Waals surface area contributed by atoms with Gasteiger partial charge in [-0.25, -0.2) is 4.98 Å². The van der Waals surface area contributed by atoms with Gasteiger partial charge in [0.2, 0.25) is 0 Å². The van der Waals surface area contributed by atoms with Gasteiger partial charge in [-0.05, 0) is 18.2 Å². The number of quaternary nitrogens is 1. The van der Waals surface area contributed by atoms with Crippen molar-refractivity contribution in [2.45, 2.75) is 25.1 Å². The molecule has 18 heavy (non-hydrogen) atoms. The Morgan fingerprint density at radius 1 is 1.33 bits per heavy atom. The van der Waals surface area contributed by atoms with Crippen molar-refractivity contribution >= 4 is 21.6 Å². The van der Waals surface area contributed by atoms with Gasteiger partial charge in [0.15, 0.2) is 5.01 Å². The number of fused-ring (bicyclic) bond motifs is 1. The molecule has 1 aromatic heterocycles. The van der Waals surface area contributed by atoms with Crippen molar-refractivity contribution in [2.24, 2.45) is 0 Å². The molecular formula is C12H12F3N2S+. The quantitative estimate of drug-likeness (QED) is 0.850. The number of aromatic nitrogens is 1. The zero-order valence-corrected chi connectivity index (χ0v) is 10.3. The lowest BCUT2D eigenvalue weighted by Gasteiger charge is -2.04. The van der Waals surface area contributed by atoms with Crippen LogP contribution >= 0.6 is 11.3 Å². The smallest absolute Gasteiger partial charge is 0.338 e. The standard InChI is InChI=1S/C12H11F3N2S/c13-12(14,15)7-3-4-10-9(6-7)17-11(18-10)8-2-1-5-16-8/h3-4,6,8,16H,1-2,5H2/p+1/t8-/m1/s1. The second-order valence-electron chi connectivity index (χ2n) is 4.51. The Balaban J connectivity index is 2.01. The zero-order valence-electron chi connectivity index (χ0n) is 9.50. The highest BCUT2D eigenvalue weighted by Crippen LogP contribution is 2.34. The molecule has 0 radical (unpaired) electrons. The van der Waals surface area contributed by atoms with Crippen LogP contribution in [0.4, 0.5) is 13.2 Å². The van der Waals surface area contributed by atoms with Gasteiger partial charge in [0.1, 0.15) is 6.04 Å². The number of benzene rings is 1. The molecule has 0 bridgehead atoms. The first kappa shape index (κ1) is 11.9. The number of nitrogens with two attached hydrogens (primary N) is 1. The van der Waals surface area contributed by atoms with Crippen molar-refractivity contribution in [1.29, 1.82) is 0 Å². The predicted octanol–water partition coefficient (Wildman–Crippen LogP) is 2.71. The van der Waals surface area contributed by atoms with Gasteiger partial charge >= 0.3 is 6.18 Å². The lowest BCUT2D eigenvalue weighted by molar-refractivity contribution is -0.676. The first-order valence-electron chi connectivity index (χ1n) is 5.85. The van der Waals surface area contributed by atoms with E-state index in [1.165, 1.54) is 17.4 Å². The van der Waals surface area contributed by atoms with Gasteiger partial charge in [0.05, 0.1) is 22.3 Å². The van der Waals surface area contributed by atoms with Gasteiger partial charge in [0.25, 0.3) is 0 Å². The summed E-state index contributed by atoms with van der Waals surface area (Å²) in [6.45, 7) is 1.08. The average molecular weight is 273 g/mol. The summed E-state index contributed by atoms with van der Waals surface area (Å²) in [7, 11) is 0. The molecule has 96 valence electrons. The van der Waals surface area contributed by atoms with Crippen LogP contribution in [-0.2, 0) is 6.18 Å². The van der Waals surface area contributed by atoms with Gasteiger partial charge in [-0.1, -0.05) is 0 Å². The number of halogens is 3. The molecule has 0 unspecified atom stereocenters. The first-order valence-corrected chi connectivity index (χ1v) is 6.67. The number of thiazole rings is 1. The van der Waals surface area contributed by atoms with Gasteiger partial charge < -0.3 is 5.32 Å². The van der Waals surface area contributed by atoms with E-state index in [1.54, 1.807) is 0 Å². The third-order valence-corrected chi connectivity index (χ3v) is 4.39. The predicted molar refractivity (Wildman–Crippen MR) is 63.4 cm³/mol. The van der Waals surface area contributed by atoms with E-state index in [0.29, 0.717) is 11.6 Å².